The van der Waals surface area contributed by atoms with E-state index in [9.17, 15) is 9.59 Å². The maximum absolute atomic E-state index is 11.6. The third kappa shape index (κ3) is 8.80. The van der Waals surface area contributed by atoms with Crippen LogP contribution in [0.15, 0.2) is 6.20 Å². The number of hydrogen-bond acceptors (Lipinski definition) is 4. The van der Waals surface area contributed by atoms with Crippen LogP contribution >= 0.6 is 0 Å². The Hall–Kier alpha value is -2.49. The summed E-state index contributed by atoms with van der Waals surface area (Å²) in [4.78, 5) is 29.9. The van der Waals surface area contributed by atoms with E-state index in [1.54, 1.807) is 13.1 Å². The van der Waals surface area contributed by atoms with Gasteiger partial charge in [-0.2, -0.15) is 0 Å². The minimum absolute atomic E-state index is 0.0603. The maximum Gasteiger partial charge on any atom is 0.407 e. The summed E-state index contributed by atoms with van der Waals surface area (Å²) in [5.41, 5.74) is 0.954. The molecule has 1 aliphatic rings. The number of terminal acetylenes is 1. The Bertz CT molecular complexity index is 571. The molecule has 0 radical (unpaired) electrons. The fourth-order valence-electron chi connectivity index (χ4n) is 1.89. The highest BCUT2D eigenvalue weighted by Crippen LogP contribution is 2.46. The van der Waals surface area contributed by atoms with Crippen LogP contribution in [0.1, 0.15) is 51.6 Å². The Labute approximate surface area is 150 Å². The molecule has 7 heteroatoms. The lowest BCUT2D eigenvalue weighted by atomic mass is 10.1. The zero-order valence-corrected chi connectivity index (χ0v) is 15.9. The van der Waals surface area contributed by atoms with Gasteiger partial charge in [0.05, 0.1) is 13.7 Å². The standard InChI is InChI=1S/C12H18N4O3.C3H8.C3H4/c1-8-5-13-10(16-8)12(3-4-12)7-15-9(17)6-14-11(18)19-2;2*1-3-2/h5H,3-4,6-7H2,1-2H3,(H,13,16)(H,14,18)(H,15,17);3H2,1-2H3;1H,2H3. The van der Waals surface area contributed by atoms with Crippen LogP contribution in [-0.2, 0) is 14.9 Å². The molecule has 25 heavy (non-hydrogen) atoms. The molecule has 1 aromatic rings. The Kier molecular flexibility index (Phi) is 10.8. The Balaban J connectivity index is 0.000000844. The zero-order chi connectivity index (χ0) is 19.3. The van der Waals surface area contributed by atoms with Gasteiger partial charge in [0.15, 0.2) is 0 Å². The van der Waals surface area contributed by atoms with Crippen molar-refractivity contribution in [3.05, 3.63) is 17.7 Å². The van der Waals surface area contributed by atoms with Crippen molar-refractivity contribution in [1.29, 1.82) is 0 Å². The minimum atomic E-state index is -0.613. The lowest BCUT2D eigenvalue weighted by Crippen LogP contribution is -2.40. The number of alkyl carbamates (subject to hydrolysis) is 1. The van der Waals surface area contributed by atoms with Crippen molar-refractivity contribution >= 4 is 12.0 Å². The quantitative estimate of drug-likeness (QED) is 0.710. The van der Waals surface area contributed by atoms with E-state index < -0.39 is 6.09 Å². The smallest absolute Gasteiger partial charge is 0.407 e. The normalized spacial score (nSPS) is 13.0. The van der Waals surface area contributed by atoms with Crippen LogP contribution in [0.25, 0.3) is 0 Å². The molecule has 0 saturated heterocycles. The van der Waals surface area contributed by atoms with E-state index in [0.29, 0.717) is 6.54 Å². The van der Waals surface area contributed by atoms with E-state index in [1.807, 2.05) is 6.92 Å². The molecule has 1 aromatic heterocycles. The Morgan fingerprint density at radius 1 is 1.40 bits per heavy atom. The van der Waals surface area contributed by atoms with Gasteiger partial charge in [-0.3, -0.25) is 4.79 Å². The van der Waals surface area contributed by atoms with Gasteiger partial charge in [-0.25, -0.2) is 9.78 Å². The molecule has 0 aliphatic heterocycles. The van der Waals surface area contributed by atoms with Crippen molar-refractivity contribution in [2.45, 2.75) is 52.4 Å². The first-order valence-electron chi connectivity index (χ1n) is 8.37. The number of rotatable bonds is 5. The molecule has 7 nitrogen and oxygen atoms in total. The zero-order valence-electron chi connectivity index (χ0n) is 15.9. The van der Waals surface area contributed by atoms with Crippen molar-refractivity contribution in [2.75, 3.05) is 20.2 Å². The lowest BCUT2D eigenvalue weighted by molar-refractivity contribution is -0.120. The molecule has 1 saturated carbocycles. The van der Waals surface area contributed by atoms with Gasteiger partial charge in [0.1, 0.15) is 5.82 Å². The molecule has 0 spiro atoms. The molecule has 0 bridgehead atoms. The third-order valence-electron chi connectivity index (χ3n) is 3.26. The number of H-pyrrole nitrogens is 1. The maximum atomic E-state index is 11.6. The van der Waals surface area contributed by atoms with Crippen molar-refractivity contribution in [3.8, 4) is 12.3 Å². The summed E-state index contributed by atoms with van der Waals surface area (Å²) in [6.07, 6.45) is 9.03. The van der Waals surface area contributed by atoms with Gasteiger partial charge in [0.2, 0.25) is 5.91 Å². The molecule has 0 aromatic carbocycles. The Morgan fingerprint density at radius 3 is 2.36 bits per heavy atom. The lowest BCUT2D eigenvalue weighted by Gasteiger charge is -2.13. The molecular formula is C18H30N4O3. The summed E-state index contributed by atoms with van der Waals surface area (Å²) >= 11 is 0. The number of ether oxygens (including phenoxy) is 1. The van der Waals surface area contributed by atoms with E-state index in [0.717, 1.165) is 24.4 Å². The number of aromatic nitrogens is 2. The average molecular weight is 350 g/mol. The number of hydrogen-bond donors (Lipinski definition) is 3. The van der Waals surface area contributed by atoms with E-state index >= 15 is 0 Å². The SMILES string of the molecule is C#CC.CCC.COC(=O)NCC(=O)NCC1(c2ncc(C)[nH]2)CC1. The molecule has 2 rings (SSSR count). The van der Waals surface area contributed by atoms with E-state index in [1.165, 1.54) is 13.5 Å². The number of methoxy groups -OCH3 is 1. The van der Waals surface area contributed by atoms with Crippen LogP contribution in [0, 0.1) is 19.3 Å². The average Bonchev–Trinajstić information content (AvgIpc) is 3.25. The monoisotopic (exact) mass is 350 g/mol. The van der Waals surface area contributed by atoms with Gasteiger partial charge in [-0.15, -0.1) is 12.3 Å². The van der Waals surface area contributed by atoms with Gasteiger partial charge in [0, 0.05) is 23.9 Å². The largest absolute Gasteiger partial charge is 0.453 e. The second-order valence-corrected chi connectivity index (χ2v) is 5.81. The summed E-state index contributed by atoms with van der Waals surface area (Å²) in [6, 6.07) is 0. The third-order valence-corrected chi connectivity index (χ3v) is 3.26. The molecule has 0 atom stereocenters. The minimum Gasteiger partial charge on any atom is -0.453 e. The first-order valence-corrected chi connectivity index (χ1v) is 8.37. The second-order valence-electron chi connectivity index (χ2n) is 5.81. The molecule has 2 amide bonds. The fraction of sp³-hybridized carbons (Fsp3) is 0.611. The molecule has 0 unspecified atom stereocenters. The molecule has 1 aliphatic carbocycles. The van der Waals surface area contributed by atoms with Crippen LogP contribution < -0.4 is 10.6 Å². The van der Waals surface area contributed by atoms with Crippen LogP contribution in [0.5, 0.6) is 0 Å². The molecule has 1 heterocycles. The number of aryl methyl sites for hydroxylation is 1. The van der Waals surface area contributed by atoms with Gasteiger partial charge < -0.3 is 20.4 Å². The number of nitrogens with zero attached hydrogens (tertiary/aromatic N) is 1. The molecule has 1 fully saturated rings. The van der Waals surface area contributed by atoms with Crippen LogP contribution in [0.4, 0.5) is 4.79 Å². The first-order chi connectivity index (χ1) is 11.9. The van der Waals surface area contributed by atoms with Gasteiger partial charge in [-0.1, -0.05) is 20.3 Å². The number of carbonyl (C=O) groups is 2. The fourth-order valence-corrected chi connectivity index (χ4v) is 1.89. The highest BCUT2D eigenvalue weighted by atomic mass is 16.5. The van der Waals surface area contributed by atoms with Crippen LogP contribution in [0.2, 0.25) is 0 Å². The van der Waals surface area contributed by atoms with Crippen molar-refractivity contribution in [1.82, 2.24) is 20.6 Å². The van der Waals surface area contributed by atoms with E-state index in [2.05, 4.69) is 51.5 Å². The first kappa shape index (κ1) is 22.5. The second kappa shape index (κ2) is 12.0. The summed E-state index contributed by atoms with van der Waals surface area (Å²) in [5, 5.41) is 5.14. The number of imidazole rings is 1. The predicted molar refractivity (Wildman–Crippen MR) is 98.1 cm³/mol. The van der Waals surface area contributed by atoms with Gasteiger partial charge in [-0.05, 0) is 26.7 Å². The topological polar surface area (TPSA) is 96.1 Å². The van der Waals surface area contributed by atoms with E-state index in [-0.39, 0.29) is 17.9 Å². The summed E-state index contributed by atoms with van der Waals surface area (Å²) < 4.78 is 4.39. The summed E-state index contributed by atoms with van der Waals surface area (Å²) in [7, 11) is 1.26. The molecule has 140 valence electrons. The number of nitrogens with one attached hydrogen (secondary N) is 3. The van der Waals surface area contributed by atoms with Crippen molar-refractivity contribution in [3.63, 3.8) is 0 Å². The number of amides is 2. The van der Waals surface area contributed by atoms with Gasteiger partial charge in [0.25, 0.3) is 0 Å². The highest BCUT2D eigenvalue weighted by Gasteiger charge is 2.46. The van der Waals surface area contributed by atoms with Crippen LogP contribution in [-0.4, -0.2) is 42.2 Å². The van der Waals surface area contributed by atoms with Crippen LogP contribution in [0.3, 0.4) is 0 Å². The summed E-state index contributed by atoms with van der Waals surface area (Å²) in [6.45, 7) is 8.30. The predicted octanol–water partition coefficient (Wildman–Crippen LogP) is 2.28. The Morgan fingerprint density at radius 2 is 1.96 bits per heavy atom. The van der Waals surface area contributed by atoms with Gasteiger partial charge >= 0.3 is 6.09 Å². The number of aromatic amines is 1. The van der Waals surface area contributed by atoms with Crippen molar-refractivity contribution in [2.24, 2.45) is 0 Å². The number of carbonyl (C=O) groups excluding carboxylic acids is 2. The highest BCUT2D eigenvalue weighted by molar-refractivity contribution is 5.82. The molecular weight excluding hydrogens is 320 g/mol. The van der Waals surface area contributed by atoms with E-state index in [4.69, 9.17) is 0 Å². The molecule has 3 N–H and O–H groups in total. The summed E-state index contributed by atoms with van der Waals surface area (Å²) in [5.74, 6) is 2.94. The van der Waals surface area contributed by atoms with Crippen molar-refractivity contribution < 1.29 is 14.3 Å².